The van der Waals surface area contributed by atoms with E-state index in [0.717, 1.165) is 23.5 Å². The molecule has 1 aromatic carbocycles. The summed E-state index contributed by atoms with van der Waals surface area (Å²) in [5.41, 5.74) is 3.27. The van der Waals surface area contributed by atoms with Crippen LogP contribution in [0.15, 0.2) is 36.4 Å². The Morgan fingerprint density at radius 2 is 1.94 bits per heavy atom. The molecule has 0 aliphatic rings. The quantitative estimate of drug-likeness (QED) is 0.877. The first-order valence-electron chi connectivity index (χ1n) is 5.59. The second-order valence-corrected chi connectivity index (χ2v) is 4.18. The molecule has 2 N–H and O–H groups in total. The number of H-pyrrole nitrogens is 1. The van der Waals surface area contributed by atoms with Crippen LogP contribution in [0.4, 0.5) is 0 Å². The minimum absolute atomic E-state index is 0. The van der Waals surface area contributed by atoms with Crippen molar-refractivity contribution in [3.63, 3.8) is 0 Å². The summed E-state index contributed by atoms with van der Waals surface area (Å²) in [5.74, 6) is 0. The van der Waals surface area contributed by atoms with Crippen molar-refractivity contribution in [1.82, 2.24) is 15.5 Å². The lowest BCUT2D eigenvalue weighted by molar-refractivity contribution is 0.580. The molecule has 4 heteroatoms. The molecule has 17 heavy (non-hydrogen) atoms. The number of hydrogen-bond acceptors (Lipinski definition) is 2. The molecule has 0 bridgehead atoms. The van der Waals surface area contributed by atoms with Gasteiger partial charge in [0, 0.05) is 23.8 Å². The molecular formula is C13H18ClN3. The van der Waals surface area contributed by atoms with Crippen LogP contribution in [-0.2, 0) is 6.54 Å². The molecule has 92 valence electrons. The number of aromatic nitrogens is 2. The monoisotopic (exact) mass is 251 g/mol. The van der Waals surface area contributed by atoms with Crippen molar-refractivity contribution in [2.75, 3.05) is 0 Å². The number of hydrogen-bond donors (Lipinski definition) is 2. The van der Waals surface area contributed by atoms with Gasteiger partial charge in [-0.05, 0) is 6.07 Å². The van der Waals surface area contributed by atoms with Crippen molar-refractivity contribution in [1.29, 1.82) is 0 Å². The predicted octanol–water partition coefficient (Wildman–Crippen LogP) is 3.00. The number of nitrogens with one attached hydrogen (secondary N) is 2. The Balaban J connectivity index is 0.00000144. The molecule has 0 saturated carbocycles. The summed E-state index contributed by atoms with van der Waals surface area (Å²) >= 11 is 0. The number of benzene rings is 1. The molecule has 2 aromatic rings. The number of halogens is 1. The molecule has 0 spiro atoms. The summed E-state index contributed by atoms with van der Waals surface area (Å²) in [6, 6.07) is 12.8. The first-order chi connectivity index (χ1) is 7.75. The molecule has 0 radical (unpaired) electrons. The third-order valence-electron chi connectivity index (χ3n) is 2.40. The highest BCUT2D eigenvalue weighted by Crippen LogP contribution is 2.16. The van der Waals surface area contributed by atoms with Crippen molar-refractivity contribution in [3.8, 4) is 11.3 Å². The number of aromatic amines is 1. The summed E-state index contributed by atoms with van der Waals surface area (Å²) in [5, 5.41) is 10.7. The van der Waals surface area contributed by atoms with Crippen LogP contribution >= 0.6 is 12.4 Å². The van der Waals surface area contributed by atoms with E-state index in [0.29, 0.717) is 6.04 Å². The van der Waals surface area contributed by atoms with Crippen molar-refractivity contribution in [3.05, 3.63) is 42.1 Å². The number of nitrogens with zero attached hydrogens (tertiary/aromatic N) is 1. The lowest BCUT2D eigenvalue weighted by atomic mass is 10.1. The van der Waals surface area contributed by atoms with Crippen molar-refractivity contribution in [2.45, 2.75) is 26.4 Å². The Morgan fingerprint density at radius 1 is 1.24 bits per heavy atom. The molecule has 1 heterocycles. The van der Waals surface area contributed by atoms with Gasteiger partial charge in [-0.15, -0.1) is 12.4 Å². The summed E-state index contributed by atoms with van der Waals surface area (Å²) in [4.78, 5) is 0. The molecule has 0 aliphatic heterocycles. The third-order valence-corrected chi connectivity index (χ3v) is 2.40. The van der Waals surface area contributed by atoms with E-state index in [4.69, 9.17) is 0 Å². The SMILES string of the molecule is CC(C)NCc1cc(-c2ccccc2)n[nH]1.Cl. The van der Waals surface area contributed by atoms with Gasteiger partial charge in [-0.25, -0.2) is 0 Å². The van der Waals surface area contributed by atoms with Gasteiger partial charge in [-0.3, -0.25) is 5.10 Å². The van der Waals surface area contributed by atoms with Crippen LogP contribution < -0.4 is 5.32 Å². The van der Waals surface area contributed by atoms with Crippen LogP contribution in [0.1, 0.15) is 19.5 Å². The van der Waals surface area contributed by atoms with E-state index in [2.05, 4.69) is 47.6 Å². The minimum atomic E-state index is 0. The van der Waals surface area contributed by atoms with Crippen molar-refractivity contribution in [2.24, 2.45) is 0 Å². The fourth-order valence-electron chi connectivity index (χ4n) is 1.52. The maximum atomic E-state index is 4.30. The second kappa shape index (κ2) is 6.42. The Hall–Kier alpha value is -1.32. The average Bonchev–Trinajstić information content (AvgIpc) is 2.76. The van der Waals surface area contributed by atoms with Crippen LogP contribution in [0.25, 0.3) is 11.3 Å². The van der Waals surface area contributed by atoms with Gasteiger partial charge >= 0.3 is 0 Å². The molecule has 2 rings (SSSR count). The zero-order chi connectivity index (χ0) is 11.4. The van der Waals surface area contributed by atoms with Gasteiger partial charge in [-0.1, -0.05) is 44.2 Å². The Bertz CT molecular complexity index is 437. The van der Waals surface area contributed by atoms with Gasteiger partial charge in [0.25, 0.3) is 0 Å². The number of rotatable bonds is 4. The van der Waals surface area contributed by atoms with Gasteiger partial charge < -0.3 is 5.32 Å². The normalized spacial score (nSPS) is 10.3. The topological polar surface area (TPSA) is 40.7 Å². The Kier molecular flexibility index (Phi) is 5.19. The van der Waals surface area contributed by atoms with Crippen LogP contribution in [0, 0.1) is 0 Å². The van der Waals surface area contributed by atoms with Gasteiger partial charge in [0.15, 0.2) is 0 Å². The van der Waals surface area contributed by atoms with Crippen LogP contribution in [0.2, 0.25) is 0 Å². The highest BCUT2D eigenvalue weighted by molar-refractivity contribution is 5.85. The predicted molar refractivity (Wildman–Crippen MR) is 73.2 cm³/mol. The summed E-state index contributed by atoms with van der Waals surface area (Å²) in [6.45, 7) is 5.10. The zero-order valence-corrected chi connectivity index (χ0v) is 10.9. The third kappa shape index (κ3) is 3.88. The van der Waals surface area contributed by atoms with E-state index in [1.54, 1.807) is 0 Å². The highest BCUT2D eigenvalue weighted by Gasteiger charge is 2.03. The lowest BCUT2D eigenvalue weighted by Crippen LogP contribution is -2.21. The molecule has 0 aliphatic carbocycles. The molecule has 0 atom stereocenters. The first kappa shape index (κ1) is 13.7. The fourth-order valence-corrected chi connectivity index (χ4v) is 1.52. The van der Waals surface area contributed by atoms with Crippen LogP contribution in [-0.4, -0.2) is 16.2 Å². The van der Waals surface area contributed by atoms with Gasteiger partial charge in [0.05, 0.1) is 5.69 Å². The first-order valence-corrected chi connectivity index (χ1v) is 5.59. The molecule has 0 saturated heterocycles. The minimum Gasteiger partial charge on any atom is -0.309 e. The smallest absolute Gasteiger partial charge is 0.0924 e. The van der Waals surface area contributed by atoms with Gasteiger partial charge in [0.2, 0.25) is 0 Å². The van der Waals surface area contributed by atoms with Crippen LogP contribution in [0.5, 0.6) is 0 Å². The summed E-state index contributed by atoms with van der Waals surface area (Å²) < 4.78 is 0. The Labute approximate surface area is 108 Å². The van der Waals surface area contributed by atoms with E-state index in [1.165, 1.54) is 0 Å². The van der Waals surface area contributed by atoms with Gasteiger partial charge in [-0.2, -0.15) is 5.10 Å². The maximum Gasteiger partial charge on any atom is 0.0924 e. The maximum absolute atomic E-state index is 4.30. The zero-order valence-electron chi connectivity index (χ0n) is 10.1. The second-order valence-electron chi connectivity index (χ2n) is 4.18. The van der Waals surface area contributed by atoms with Crippen LogP contribution in [0.3, 0.4) is 0 Å². The lowest BCUT2D eigenvalue weighted by Gasteiger charge is -2.04. The van der Waals surface area contributed by atoms with Crippen molar-refractivity contribution >= 4 is 12.4 Å². The fraction of sp³-hybridized carbons (Fsp3) is 0.308. The molecule has 0 unspecified atom stereocenters. The Morgan fingerprint density at radius 3 is 2.59 bits per heavy atom. The van der Waals surface area contributed by atoms with E-state index < -0.39 is 0 Å². The summed E-state index contributed by atoms with van der Waals surface area (Å²) in [7, 11) is 0. The van der Waals surface area contributed by atoms with E-state index in [-0.39, 0.29) is 12.4 Å². The highest BCUT2D eigenvalue weighted by atomic mass is 35.5. The molecule has 0 fully saturated rings. The molecule has 3 nitrogen and oxygen atoms in total. The van der Waals surface area contributed by atoms with E-state index >= 15 is 0 Å². The van der Waals surface area contributed by atoms with E-state index in [9.17, 15) is 0 Å². The summed E-state index contributed by atoms with van der Waals surface area (Å²) in [6.07, 6.45) is 0. The standard InChI is InChI=1S/C13H17N3.ClH/c1-10(2)14-9-12-8-13(16-15-12)11-6-4-3-5-7-11;/h3-8,10,14H,9H2,1-2H3,(H,15,16);1H. The van der Waals surface area contributed by atoms with E-state index in [1.807, 2.05) is 18.2 Å². The average molecular weight is 252 g/mol. The molecule has 1 aromatic heterocycles. The largest absolute Gasteiger partial charge is 0.309 e. The molecular weight excluding hydrogens is 234 g/mol. The van der Waals surface area contributed by atoms with Gasteiger partial charge in [0.1, 0.15) is 0 Å². The van der Waals surface area contributed by atoms with Crippen molar-refractivity contribution < 1.29 is 0 Å². The molecule has 0 amide bonds.